The minimum Gasteiger partial charge on any atom is -0.340 e. The highest BCUT2D eigenvalue weighted by atomic mass is 15.4. The zero-order valence-electron chi connectivity index (χ0n) is 12.3. The number of piperidine rings is 1. The van der Waals surface area contributed by atoms with Crippen LogP contribution in [0.1, 0.15) is 44.9 Å². The van der Waals surface area contributed by atoms with Crippen LogP contribution in [-0.4, -0.2) is 41.9 Å². The highest BCUT2D eigenvalue weighted by Gasteiger charge is 2.21. The van der Waals surface area contributed by atoms with Crippen molar-refractivity contribution in [3.05, 3.63) is 5.82 Å². The lowest BCUT2D eigenvalue weighted by molar-refractivity contribution is 0.391. The fourth-order valence-electron chi connectivity index (χ4n) is 2.71. The summed E-state index contributed by atoms with van der Waals surface area (Å²) < 4.78 is 0. The van der Waals surface area contributed by atoms with Gasteiger partial charge in [-0.2, -0.15) is 4.98 Å². The summed E-state index contributed by atoms with van der Waals surface area (Å²) in [7, 11) is 2.03. The van der Waals surface area contributed by atoms with Crippen LogP contribution in [0.5, 0.6) is 0 Å². The molecule has 0 aliphatic carbocycles. The molecule has 1 aliphatic rings. The van der Waals surface area contributed by atoms with Crippen molar-refractivity contribution >= 4 is 5.95 Å². The molecule has 0 atom stereocenters. The molecule has 0 aromatic carbocycles. The maximum absolute atomic E-state index is 4.62. The Labute approximate surface area is 116 Å². The molecule has 5 heteroatoms. The Hall–Kier alpha value is -1.10. The Balaban J connectivity index is 1.79. The van der Waals surface area contributed by atoms with Gasteiger partial charge in [-0.1, -0.05) is 19.8 Å². The number of aryl methyl sites for hydroxylation is 1. The van der Waals surface area contributed by atoms with E-state index in [0.717, 1.165) is 43.7 Å². The van der Waals surface area contributed by atoms with Gasteiger partial charge in [0, 0.05) is 19.5 Å². The van der Waals surface area contributed by atoms with Crippen LogP contribution >= 0.6 is 0 Å². The molecule has 2 N–H and O–H groups in total. The quantitative estimate of drug-likeness (QED) is 0.740. The van der Waals surface area contributed by atoms with E-state index in [1.807, 2.05) is 7.05 Å². The first-order valence-electron chi connectivity index (χ1n) is 7.64. The standard InChI is InChI=1S/C14H27N5/c1-3-4-5-6-13-16-14(18-17-13)19-9-7-12(8-10-19)11-15-2/h12,15H,3-11H2,1-2H3,(H,16,17,18). The van der Waals surface area contributed by atoms with E-state index in [0.29, 0.717) is 0 Å². The lowest BCUT2D eigenvalue weighted by atomic mass is 9.97. The van der Waals surface area contributed by atoms with Crippen LogP contribution in [0.25, 0.3) is 0 Å². The molecule has 0 saturated carbocycles. The first-order valence-corrected chi connectivity index (χ1v) is 7.64. The monoisotopic (exact) mass is 265 g/mol. The second-order valence-electron chi connectivity index (χ2n) is 5.53. The number of unbranched alkanes of at least 4 members (excludes halogenated alkanes) is 2. The number of H-pyrrole nitrogens is 1. The van der Waals surface area contributed by atoms with Gasteiger partial charge in [-0.15, -0.1) is 5.10 Å². The van der Waals surface area contributed by atoms with Crippen molar-refractivity contribution < 1.29 is 0 Å². The SMILES string of the molecule is CCCCCc1nc(N2CCC(CNC)CC2)n[nH]1. The summed E-state index contributed by atoms with van der Waals surface area (Å²) in [5.41, 5.74) is 0. The zero-order valence-corrected chi connectivity index (χ0v) is 12.3. The highest BCUT2D eigenvalue weighted by Crippen LogP contribution is 2.20. The Kier molecular flexibility index (Phi) is 5.63. The van der Waals surface area contributed by atoms with E-state index >= 15 is 0 Å². The predicted molar refractivity (Wildman–Crippen MR) is 78.5 cm³/mol. The topological polar surface area (TPSA) is 56.8 Å². The normalized spacial score (nSPS) is 17.1. The summed E-state index contributed by atoms with van der Waals surface area (Å²) in [5.74, 6) is 2.75. The molecule has 1 saturated heterocycles. The third kappa shape index (κ3) is 4.20. The first-order chi connectivity index (χ1) is 9.33. The third-order valence-corrected chi connectivity index (χ3v) is 3.93. The van der Waals surface area contributed by atoms with E-state index in [9.17, 15) is 0 Å². The van der Waals surface area contributed by atoms with Crippen molar-refractivity contribution in [3.8, 4) is 0 Å². The van der Waals surface area contributed by atoms with Crippen LogP contribution < -0.4 is 10.2 Å². The second-order valence-corrected chi connectivity index (χ2v) is 5.53. The van der Waals surface area contributed by atoms with Gasteiger partial charge in [-0.05, 0) is 38.8 Å². The third-order valence-electron chi connectivity index (χ3n) is 3.93. The van der Waals surface area contributed by atoms with Gasteiger partial charge in [0.1, 0.15) is 5.82 Å². The van der Waals surface area contributed by atoms with Gasteiger partial charge >= 0.3 is 0 Å². The number of aromatic amines is 1. The molecule has 0 radical (unpaired) electrons. The van der Waals surface area contributed by atoms with E-state index in [1.54, 1.807) is 0 Å². The Morgan fingerprint density at radius 3 is 2.79 bits per heavy atom. The van der Waals surface area contributed by atoms with Gasteiger partial charge in [0.15, 0.2) is 0 Å². The number of anilines is 1. The molecule has 0 amide bonds. The van der Waals surface area contributed by atoms with E-state index in [-0.39, 0.29) is 0 Å². The molecule has 108 valence electrons. The summed E-state index contributed by atoms with van der Waals surface area (Å²) in [5, 5.41) is 10.7. The Morgan fingerprint density at radius 2 is 2.11 bits per heavy atom. The molecule has 1 aromatic heterocycles. The van der Waals surface area contributed by atoms with Crippen molar-refractivity contribution in [2.45, 2.75) is 45.4 Å². The largest absolute Gasteiger partial charge is 0.340 e. The number of nitrogens with one attached hydrogen (secondary N) is 2. The molecule has 2 rings (SSSR count). The summed E-state index contributed by atoms with van der Waals surface area (Å²) in [4.78, 5) is 6.93. The van der Waals surface area contributed by atoms with Crippen molar-refractivity contribution in [1.29, 1.82) is 0 Å². The molecule has 1 aromatic rings. The van der Waals surface area contributed by atoms with Gasteiger partial charge in [-0.3, -0.25) is 5.10 Å². The molecule has 1 fully saturated rings. The minimum absolute atomic E-state index is 0.809. The summed E-state index contributed by atoms with van der Waals surface area (Å²) in [6.07, 6.45) is 7.22. The lowest BCUT2D eigenvalue weighted by Gasteiger charge is -2.30. The van der Waals surface area contributed by atoms with Crippen LogP contribution in [0.4, 0.5) is 5.95 Å². The van der Waals surface area contributed by atoms with Crippen molar-refractivity contribution in [2.24, 2.45) is 5.92 Å². The Bertz CT molecular complexity index is 354. The van der Waals surface area contributed by atoms with Crippen LogP contribution in [0.3, 0.4) is 0 Å². The van der Waals surface area contributed by atoms with Crippen LogP contribution in [-0.2, 0) is 6.42 Å². The molecule has 19 heavy (non-hydrogen) atoms. The molecule has 0 bridgehead atoms. The minimum atomic E-state index is 0.809. The van der Waals surface area contributed by atoms with Gasteiger partial charge in [0.25, 0.3) is 0 Å². The first kappa shape index (κ1) is 14.3. The second kappa shape index (κ2) is 7.48. The molecular formula is C14H27N5. The van der Waals surface area contributed by atoms with Gasteiger partial charge in [0.2, 0.25) is 5.95 Å². The van der Waals surface area contributed by atoms with Crippen molar-refractivity contribution in [2.75, 3.05) is 31.6 Å². The van der Waals surface area contributed by atoms with Crippen LogP contribution in [0, 0.1) is 5.92 Å². The van der Waals surface area contributed by atoms with E-state index in [4.69, 9.17) is 0 Å². The molecule has 0 spiro atoms. The summed E-state index contributed by atoms with van der Waals surface area (Å²) >= 11 is 0. The zero-order chi connectivity index (χ0) is 13.5. The number of nitrogens with zero attached hydrogens (tertiary/aromatic N) is 3. The van der Waals surface area contributed by atoms with Crippen molar-refractivity contribution in [3.63, 3.8) is 0 Å². The number of hydrogen-bond donors (Lipinski definition) is 2. The van der Waals surface area contributed by atoms with E-state index in [1.165, 1.54) is 32.1 Å². The number of aromatic nitrogens is 3. The van der Waals surface area contributed by atoms with Crippen LogP contribution in [0.2, 0.25) is 0 Å². The van der Waals surface area contributed by atoms with Gasteiger partial charge in [-0.25, -0.2) is 0 Å². The van der Waals surface area contributed by atoms with E-state index < -0.39 is 0 Å². The van der Waals surface area contributed by atoms with Crippen LogP contribution in [0.15, 0.2) is 0 Å². The average Bonchev–Trinajstić information content (AvgIpc) is 2.89. The van der Waals surface area contributed by atoms with Gasteiger partial charge < -0.3 is 10.2 Å². The summed E-state index contributed by atoms with van der Waals surface area (Å²) in [6.45, 7) is 5.52. The van der Waals surface area contributed by atoms with Gasteiger partial charge in [0.05, 0.1) is 0 Å². The molecule has 0 unspecified atom stereocenters. The fourth-order valence-corrected chi connectivity index (χ4v) is 2.71. The fraction of sp³-hybridized carbons (Fsp3) is 0.857. The Morgan fingerprint density at radius 1 is 1.32 bits per heavy atom. The summed E-state index contributed by atoms with van der Waals surface area (Å²) in [6, 6.07) is 0. The molecular weight excluding hydrogens is 238 g/mol. The highest BCUT2D eigenvalue weighted by molar-refractivity contribution is 5.29. The molecule has 2 heterocycles. The molecule has 5 nitrogen and oxygen atoms in total. The smallest absolute Gasteiger partial charge is 0.244 e. The number of rotatable bonds is 7. The average molecular weight is 265 g/mol. The van der Waals surface area contributed by atoms with Crippen molar-refractivity contribution in [1.82, 2.24) is 20.5 Å². The number of hydrogen-bond acceptors (Lipinski definition) is 4. The maximum atomic E-state index is 4.62. The van der Waals surface area contributed by atoms with E-state index in [2.05, 4.69) is 32.3 Å². The molecule has 1 aliphatic heterocycles. The predicted octanol–water partition coefficient (Wildman–Crippen LogP) is 1.97. The maximum Gasteiger partial charge on any atom is 0.244 e. The lowest BCUT2D eigenvalue weighted by Crippen LogP contribution is -2.37.